The molecule has 1 atom stereocenters. The maximum atomic E-state index is 12.5. The normalized spacial score (nSPS) is 22.0. The summed E-state index contributed by atoms with van der Waals surface area (Å²) in [4.78, 5) is 14.2. The van der Waals surface area contributed by atoms with Crippen molar-refractivity contribution in [2.24, 2.45) is 5.92 Å². The third-order valence-electron chi connectivity index (χ3n) is 4.02. The molecule has 1 aromatic rings. The molecule has 5 nitrogen and oxygen atoms in total. The van der Waals surface area contributed by atoms with Crippen LogP contribution in [0, 0.1) is 5.92 Å². The number of nitrogens with zero attached hydrogens (tertiary/aromatic N) is 3. The first-order valence-corrected chi connectivity index (χ1v) is 7.41. The summed E-state index contributed by atoms with van der Waals surface area (Å²) in [5, 5.41) is 3.43. The van der Waals surface area contributed by atoms with Crippen LogP contribution in [-0.4, -0.2) is 46.4 Å². The van der Waals surface area contributed by atoms with Crippen molar-refractivity contribution in [2.75, 3.05) is 19.8 Å². The summed E-state index contributed by atoms with van der Waals surface area (Å²) in [6.45, 7) is 1.83. The molecule has 1 amide bonds. The minimum Gasteiger partial charge on any atom is -0.381 e. The van der Waals surface area contributed by atoms with Crippen molar-refractivity contribution >= 4 is 5.91 Å². The third kappa shape index (κ3) is 3.60. The standard InChI is InChI=1S/C14H18F3N3O2/c15-14(16,17)12-3-5-19(18-12)8-13(21)20(11-1-2-11)7-10-4-6-22-9-10/h3,5,10-11H,1-2,4,6-9H2/t10-/m1/s1. The molecule has 22 heavy (non-hydrogen) atoms. The van der Waals surface area contributed by atoms with Gasteiger partial charge in [0, 0.05) is 31.3 Å². The molecule has 1 aliphatic carbocycles. The van der Waals surface area contributed by atoms with E-state index in [1.165, 1.54) is 6.20 Å². The van der Waals surface area contributed by atoms with E-state index in [0.717, 1.165) is 30.0 Å². The molecule has 0 radical (unpaired) electrons. The molecule has 1 aliphatic heterocycles. The van der Waals surface area contributed by atoms with Crippen LogP contribution in [0.3, 0.4) is 0 Å². The van der Waals surface area contributed by atoms with Crippen LogP contribution in [0.5, 0.6) is 0 Å². The summed E-state index contributed by atoms with van der Waals surface area (Å²) >= 11 is 0. The van der Waals surface area contributed by atoms with Crippen LogP contribution in [0.15, 0.2) is 12.3 Å². The second kappa shape index (κ2) is 5.91. The highest BCUT2D eigenvalue weighted by Crippen LogP contribution is 2.30. The van der Waals surface area contributed by atoms with Crippen LogP contribution in [0.4, 0.5) is 13.2 Å². The summed E-state index contributed by atoms with van der Waals surface area (Å²) in [5.41, 5.74) is -0.970. The first kappa shape index (κ1) is 15.3. The van der Waals surface area contributed by atoms with Gasteiger partial charge in [0.2, 0.25) is 5.91 Å². The Balaban J connectivity index is 1.62. The van der Waals surface area contributed by atoms with Gasteiger partial charge in [-0.2, -0.15) is 18.3 Å². The van der Waals surface area contributed by atoms with Gasteiger partial charge < -0.3 is 9.64 Å². The predicted octanol–water partition coefficient (Wildman–Crippen LogP) is 1.93. The average Bonchev–Trinajstić information content (AvgIpc) is 2.96. The molecule has 2 fully saturated rings. The van der Waals surface area contributed by atoms with Crippen molar-refractivity contribution in [1.82, 2.24) is 14.7 Å². The molecule has 0 N–H and O–H groups in total. The Bertz CT molecular complexity index is 534. The average molecular weight is 317 g/mol. The van der Waals surface area contributed by atoms with Crippen LogP contribution in [-0.2, 0) is 22.3 Å². The van der Waals surface area contributed by atoms with Crippen molar-refractivity contribution in [2.45, 2.75) is 38.0 Å². The maximum absolute atomic E-state index is 12.5. The van der Waals surface area contributed by atoms with Crippen molar-refractivity contribution in [1.29, 1.82) is 0 Å². The lowest BCUT2D eigenvalue weighted by Crippen LogP contribution is -2.39. The van der Waals surface area contributed by atoms with E-state index in [9.17, 15) is 18.0 Å². The molecule has 0 spiro atoms. The molecule has 2 heterocycles. The summed E-state index contributed by atoms with van der Waals surface area (Å²) < 4.78 is 43.9. The Morgan fingerprint density at radius 3 is 2.73 bits per heavy atom. The Morgan fingerprint density at radius 2 is 2.18 bits per heavy atom. The van der Waals surface area contributed by atoms with Crippen LogP contribution in [0.25, 0.3) is 0 Å². The van der Waals surface area contributed by atoms with E-state index < -0.39 is 11.9 Å². The SMILES string of the molecule is O=C(Cn1ccc(C(F)(F)F)n1)N(C[C@H]1CCOC1)C1CC1. The highest BCUT2D eigenvalue weighted by Gasteiger charge is 2.36. The Kier molecular flexibility index (Phi) is 4.12. The van der Waals surface area contributed by atoms with Crippen molar-refractivity contribution in [3.63, 3.8) is 0 Å². The van der Waals surface area contributed by atoms with Gasteiger partial charge in [-0.25, -0.2) is 0 Å². The van der Waals surface area contributed by atoms with E-state index in [1.54, 1.807) is 4.90 Å². The number of halogens is 3. The van der Waals surface area contributed by atoms with E-state index in [2.05, 4.69) is 5.10 Å². The zero-order valence-electron chi connectivity index (χ0n) is 12.1. The largest absolute Gasteiger partial charge is 0.435 e. The van der Waals surface area contributed by atoms with Gasteiger partial charge >= 0.3 is 6.18 Å². The monoisotopic (exact) mass is 317 g/mol. The van der Waals surface area contributed by atoms with E-state index in [4.69, 9.17) is 4.74 Å². The zero-order chi connectivity index (χ0) is 15.7. The van der Waals surface area contributed by atoms with Gasteiger partial charge in [0.05, 0.1) is 6.61 Å². The fraction of sp³-hybridized carbons (Fsp3) is 0.714. The number of rotatable bonds is 5. The number of aromatic nitrogens is 2. The summed E-state index contributed by atoms with van der Waals surface area (Å²) in [7, 11) is 0. The van der Waals surface area contributed by atoms with Crippen LogP contribution < -0.4 is 0 Å². The molecule has 8 heteroatoms. The molecule has 1 aromatic heterocycles. The van der Waals surface area contributed by atoms with Crippen molar-refractivity contribution in [3.8, 4) is 0 Å². The minimum atomic E-state index is -4.48. The Morgan fingerprint density at radius 1 is 1.41 bits per heavy atom. The van der Waals surface area contributed by atoms with Gasteiger partial charge in [0.25, 0.3) is 0 Å². The highest BCUT2D eigenvalue weighted by atomic mass is 19.4. The summed E-state index contributed by atoms with van der Waals surface area (Å²) in [6, 6.07) is 1.12. The fourth-order valence-corrected chi connectivity index (χ4v) is 2.68. The second-order valence-corrected chi connectivity index (χ2v) is 5.90. The number of alkyl halides is 3. The van der Waals surface area contributed by atoms with Gasteiger partial charge in [0.1, 0.15) is 6.54 Å². The molecule has 0 bridgehead atoms. The topological polar surface area (TPSA) is 47.4 Å². The van der Waals surface area contributed by atoms with Crippen LogP contribution in [0.1, 0.15) is 25.0 Å². The third-order valence-corrected chi connectivity index (χ3v) is 4.02. The molecule has 122 valence electrons. The molecule has 0 aromatic carbocycles. The van der Waals surface area contributed by atoms with E-state index >= 15 is 0 Å². The highest BCUT2D eigenvalue weighted by molar-refractivity contribution is 5.76. The first-order chi connectivity index (χ1) is 10.4. The Labute approximate surface area is 126 Å². The molecular weight excluding hydrogens is 299 g/mol. The number of amides is 1. The van der Waals surface area contributed by atoms with E-state index in [1.807, 2.05) is 0 Å². The number of carbonyl (C=O) groups excluding carboxylic acids is 1. The smallest absolute Gasteiger partial charge is 0.381 e. The van der Waals surface area contributed by atoms with Gasteiger partial charge in [-0.05, 0) is 25.3 Å². The number of carbonyl (C=O) groups is 1. The van der Waals surface area contributed by atoms with Crippen LogP contribution >= 0.6 is 0 Å². The second-order valence-electron chi connectivity index (χ2n) is 5.90. The Hall–Kier alpha value is -1.57. The molecule has 1 saturated carbocycles. The van der Waals surface area contributed by atoms with Gasteiger partial charge in [-0.1, -0.05) is 0 Å². The molecule has 2 aliphatic rings. The van der Waals surface area contributed by atoms with Gasteiger partial charge in [-0.15, -0.1) is 0 Å². The molecule has 0 unspecified atom stereocenters. The lowest BCUT2D eigenvalue weighted by Gasteiger charge is -2.25. The molecule has 1 saturated heterocycles. The molecular formula is C14H18F3N3O2. The summed E-state index contributed by atoms with van der Waals surface area (Å²) in [5.74, 6) is 0.152. The lowest BCUT2D eigenvalue weighted by atomic mass is 10.1. The van der Waals surface area contributed by atoms with Gasteiger partial charge in [0.15, 0.2) is 5.69 Å². The quantitative estimate of drug-likeness (QED) is 0.834. The van der Waals surface area contributed by atoms with Crippen molar-refractivity contribution in [3.05, 3.63) is 18.0 Å². The van der Waals surface area contributed by atoms with E-state index in [-0.39, 0.29) is 18.5 Å². The predicted molar refractivity (Wildman–Crippen MR) is 70.9 cm³/mol. The van der Waals surface area contributed by atoms with Gasteiger partial charge in [-0.3, -0.25) is 9.48 Å². The zero-order valence-corrected chi connectivity index (χ0v) is 12.1. The molecule has 3 rings (SSSR count). The van der Waals surface area contributed by atoms with Crippen LogP contribution in [0.2, 0.25) is 0 Å². The number of ether oxygens (including phenoxy) is 1. The van der Waals surface area contributed by atoms with E-state index in [0.29, 0.717) is 25.7 Å². The summed E-state index contributed by atoms with van der Waals surface area (Å²) in [6.07, 6.45) is -0.426. The minimum absolute atomic E-state index is 0.153. The number of hydrogen-bond donors (Lipinski definition) is 0. The first-order valence-electron chi connectivity index (χ1n) is 7.41. The van der Waals surface area contributed by atoms with Crippen molar-refractivity contribution < 1.29 is 22.7 Å². The lowest BCUT2D eigenvalue weighted by molar-refractivity contribution is -0.142. The fourth-order valence-electron chi connectivity index (χ4n) is 2.68. The number of hydrogen-bond acceptors (Lipinski definition) is 3. The maximum Gasteiger partial charge on any atom is 0.435 e.